The molecule has 39 heavy (non-hydrogen) atoms. The van der Waals surface area contributed by atoms with Crippen molar-refractivity contribution in [2.24, 2.45) is 0 Å². The molecule has 0 aliphatic carbocycles. The molecule has 10 heteroatoms. The van der Waals surface area contributed by atoms with Gasteiger partial charge in [-0.15, -0.1) is 0 Å². The fourth-order valence-corrected chi connectivity index (χ4v) is 5.75. The van der Waals surface area contributed by atoms with Gasteiger partial charge in [-0.05, 0) is 55.7 Å². The predicted octanol–water partition coefficient (Wildman–Crippen LogP) is 5.91. The summed E-state index contributed by atoms with van der Waals surface area (Å²) in [7, 11) is -4.18. The Morgan fingerprint density at radius 3 is 2.05 bits per heavy atom. The number of hydrogen-bond acceptors (Lipinski definition) is 4. The van der Waals surface area contributed by atoms with Gasteiger partial charge >= 0.3 is 0 Å². The van der Waals surface area contributed by atoms with E-state index >= 15 is 0 Å². The number of carbonyl (C=O) groups is 2. The fraction of sp³-hybridized carbons (Fsp3) is 0.310. The average molecular weight is 591 g/mol. The first-order valence-electron chi connectivity index (χ1n) is 12.7. The van der Waals surface area contributed by atoms with Gasteiger partial charge in [0.15, 0.2) is 0 Å². The van der Waals surface area contributed by atoms with E-state index in [1.807, 2.05) is 51.1 Å². The molecule has 3 rings (SSSR count). The lowest BCUT2D eigenvalue weighted by Crippen LogP contribution is -2.53. The number of benzene rings is 3. The van der Waals surface area contributed by atoms with E-state index in [1.165, 1.54) is 35.2 Å². The van der Waals surface area contributed by atoms with Gasteiger partial charge in [0.25, 0.3) is 10.0 Å². The quantitative estimate of drug-likeness (QED) is 0.284. The summed E-state index contributed by atoms with van der Waals surface area (Å²) in [6.07, 6.45) is 1.08. The Kier molecular flexibility index (Phi) is 10.8. The van der Waals surface area contributed by atoms with Crippen LogP contribution in [0.15, 0.2) is 83.8 Å². The molecule has 3 aromatic rings. The molecule has 0 saturated carbocycles. The molecular formula is C29H33Cl2N3O4S. The molecule has 208 valence electrons. The summed E-state index contributed by atoms with van der Waals surface area (Å²) in [5, 5.41) is 3.36. The van der Waals surface area contributed by atoms with Crippen LogP contribution < -0.4 is 9.62 Å². The molecule has 0 aliphatic heterocycles. The van der Waals surface area contributed by atoms with Gasteiger partial charge in [0.05, 0.1) is 20.6 Å². The SMILES string of the molecule is CC[C@H](C)NC(=O)[C@H](CC)N(Cc1ccccc1)C(=O)CN(c1ccc(Cl)c(Cl)c1)S(=O)(=O)c1ccccc1. The summed E-state index contributed by atoms with van der Waals surface area (Å²) in [6.45, 7) is 5.26. The number of halogens is 2. The molecule has 3 aromatic carbocycles. The van der Waals surface area contributed by atoms with Crippen LogP contribution in [0.3, 0.4) is 0 Å². The topological polar surface area (TPSA) is 86.8 Å². The lowest BCUT2D eigenvalue weighted by molar-refractivity contribution is -0.140. The smallest absolute Gasteiger partial charge is 0.264 e. The Hall–Kier alpha value is -3.07. The van der Waals surface area contributed by atoms with Crippen LogP contribution in [0.5, 0.6) is 0 Å². The number of nitrogens with zero attached hydrogens (tertiary/aromatic N) is 2. The number of rotatable bonds is 12. The van der Waals surface area contributed by atoms with Crippen molar-refractivity contribution in [3.8, 4) is 0 Å². The largest absolute Gasteiger partial charge is 0.352 e. The summed E-state index contributed by atoms with van der Waals surface area (Å²) in [5.74, 6) is -0.821. The van der Waals surface area contributed by atoms with Crippen molar-refractivity contribution in [3.63, 3.8) is 0 Å². The lowest BCUT2D eigenvalue weighted by atomic mass is 10.1. The average Bonchev–Trinajstić information content (AvgIpc) is 2.93. The number of hydrogen-bond donors (Lipinski definition) is 1. The summed E-state index contributed by atoms with van der Waals surface area (Å²) in [6, 6.07) is 20.6. The zero-order chi connectivity index (χ0) is 28.6. The monoisotopic (exact) mass is 589 g/mol. The summed E-state index contributed by atoms with van der Waals surface area (Å²) < 4.78 is 28.6. The molecule has 0 aliphatic rings. The summed E-state index contributed by atoms with van der Waals surface area (Å²) in [5.41, 5.74) is 0.992. The summed E-state index contributed by atoms with van der Waals surface area (Å²) >= 11 is 12.3. The van der Waals surface area contributed by atoms with E-state index < -0.39 is 28.5 Å². The van der Waals surface area contributed by atoms with Crippen molar-refractivity contribution >= 4 is 50.7 Å². The first kappa shape index (κ1) is 30.5. The van der Waals surface area contributed by atoms with E-state index in [1.54, 1.807) is 18.2 Å². The highest BCUT2D eigenvalue weighted by atomic mass is 35.5. The van der Waals surface area contributed by atoms with Gasteiger partial charge in [-0.1, -0.05) is 85.6 Å². The van der Waals surface area contributed by atoms with E-state index in [4.69, 9.17) is 23.2 Å². The van der Waals surface area contributed by atoms with E-state index in [2.05, 4.69) is 5.32 Å². The molecule has 0 saturated heterocycles. The third kappa shape index (κ3) is 7.75. The first-order valence-corrected chi connectivity index (χ1v) is 14.9. The van der Waals surface area contributed by atoms with Crippen LogP contribution >= 0.6 is 23.2 Å². The van der Waals surface area contributed by atoms with Crippen LogP contribution in [-0.4, -0.2) is 43.8 Å². The van der Waals surface area contributed by atoms with Gasteiger partial charge in [-0.25, -0.2) is 8.42 Å². The standard InChI is InChI=1S/C29H33Cl2N3O4S/c1-4-21(3)32-29(36)27(5-2)33(19-22-12-8-6-9-13-22)28(35)20-34(23-16-17-25(30)26(31)18-23)39(37,38)24-14-10-7-11-15-24/h6-18,21,27H,4-5,19-20H2,1-3H3,(H,32,36)/t21-,27-/m0/s1. The Morgan fingerprint density at radius 2 is 1.49 bits per heavy atom. The van der Waals surface area contributed by atoms with Crippen LogP contribution in [0.1, 0.15) is 39.2 Å². The van der Waals surface area contributed by atoms with Gasteiger partial charge in [0.2, 0.25) is 11.8 Å². The molecule has 0 bridgehead atoms. The highest BCUT2D eigenvalue weighted by Crippen LogP contribution is 2.31. The molecule has 7 nitrogen and oxygen atoms in total. The molecule has 0 fully saturated rings. The Balaban J connectivity index is 2.06. The van der Waals surface area contributed by atoms with E-state index in [-0.39, 0.29) is 39.1 Å². The normalized spacial score (nSPS) is 12.8. The minimum Gasteiger partial charge on any atom is -0.352 e. The van der Waals surface area contributed by atoms with E-state index in [0.29, 0.717) is 6.42 Å². The molecule has 0 spiro atoms. The molecule has 1 N–H and O–H groups in total. The van der Waals surface area contributed by atoms with Crippen molar-refractivity contribution in [1.29, 1.82) is 0 Å². The van der Waals surface area contributed by atoms with Gasteiger partial charge < -0.3 is 10.2 Å². The second kappa shape index (κ2) is 13.8. The van der Waals surface area contributed by atoms with Gasteiger partial charge in [0.1, 0.15) is 12.6 Å². The Labute approximate surface area is 240 Å². The number of amides is 2. The maximum atomic E-state index is 14.0. The highest BCUT2D eigenvalue weighted by molar-refractivity contribution is 7.92. The predicted molar refractivity (Wildman–Crippen MR) is 156 cm³/mol. The molecule has 0 unspecified atom stereocenters. The van der Waals surface area contributed by atoms with Gasteiger partial charge in [-0.3, -0.25) is 13.9 Å². The first-order chi connectivity index (χ1) is 18.6. The van der Waals surface area contributed by atoms with Crippen molar-refractivity contribution in [2.45, 2.75) is 57.1 Å². The maximum absolute atomic E-state index is 14.0. The third-order valence-corrected chi connectivity index (χ3v) is 8.91. The van der Waals surface area contributed by atoms with Crippen molar-refractivity contribution < 1.29 is 18.0 Å². The minimum atomic E-state index is -4.18. The van der Waals surface area contributed by atoms with Crippen molar-refractivity contribution in [3.05, 3.63) is 94.5 Å². The zero-order valence-electron chi connectivity index (χ0n) is 22.2. The third-order valence-electron chi connectivity index (χ3n) is 6.38. The molecule has 0 radical (unpaired) electrons. The number of sulfonamides is 1. The van der Waals surface area contributed by atoms with E-state index in [9.17, 15) is 18.0 Å². The van der Waals surface area contributed by atoms with Crippen LogP contribution in [-0.2, 0) is 26.2 Å². The molecule has 2 amide bonds. The van der Waals surface area contributed by atoms with Crippen LogP contribution in [0.2, 0.25) is 10.0 Å². The molecule has 0 aromatic heterocycles. The molecule has 2 atom stereocenters. The summed E-state index contributed by atoms with van der Waals surface area (Å²) in [4.78, 5) is 28.7. The van der Waals surface area contributed by atoms with Gasteiger partial charge in [-0.2, -0.15) is 0 Å². The van der Waals surface area contributed by atoms with Gasteiger partial charge in [0, 0.05) is 12.6 Å². The second-order valence-electron chi connectivity index (χ2n) is 9.17. The zero-order valence-corrected chi connectivity index (χ0v) is 24.5. The molecule has 0 heterocycles. The van der Waals surface area contributed by atoms with Crippen LogP contribution in [0, 0.1) is 0 Å². The Bertz CT molecular complexity index is 1370. The van der Waals surface area contributed by atoms with Crippen molar-refractivity contribution in [2.75, 3.05) is 10.8 Å². The number of carbonyl (C=O) groups excluding carboxylic acids is 2. The van der Waals surface area contributed by atoms with Crippen LogP contribution in [0.25, 0.3) is 0 Å². The fourth-order valence-electron chi connectivity index (χ4n) is 4.03. The van der Waals surface area contributed by atoms with E-state index in [0.717, 1.165) is 16.3 Å². The lowest BCUT2D eigenvalue weighted by Gasteiger charge is -2.33. The number of anilines is 1. The second-order valence-corrected chi connectivity index (χ2v) is 11.8. The maximum Gasteiger partial charge on any atom is 0.264 e. The van der Waals surface area contributed by atoms with Crippen LogP contribution in [0.4, 0.5) is 5.69 Å². The minimum absolute atomic E-state index is 0.0139. The highest BCUT2D eigenvalue weighted by Gasteiger charge is 2.34. The number of nitrogens with one attached hydrogen (secondary N) is 1. The Morgan fingerprint density at radius 1 is 0.872 bits per heavy atom. The molecular weight excluding hydrogens is 557 g/mol. The van der Waals surface area contributed by atoms with Crippen molar-refractivity contribution in [1.82, 2.24) is 10.2 Å².